The van der Waals surface area contributed by atoms with Gasteiger partial charge in [0.2, 0.25) is 0 Å². The summed E-state index contributed by atoms with van der Waals surface area (Å²) in [6.45, 7) is 0.886. The van der Waals surface area contributed by atoms with Crippen LogP contribution < -0.4 is 5.32 Å². The predicted octanol–water partition coefficient (Wildman–Crippen LogP) is 2.21. The first-order valence-electron chi connectivity index (χ1n) is 5.74. The van der Waals surface area contributed by atoms with Crippen LogP contribution in [0.5, 0.6) is 0 Å². The van der Waals surface area contributed by atoms with Crippen LogP contribution in [-0.4, -0.2) is 31.4 Å². The first kappa shape index (κ1) is 11.0. The second-order valence-electron chi connectivity index (χ2n) is 4.42. The van der Waals surface area contributed by atoms with Crippen molar-refractivity contribution in [1.82, 2.24) is 4.90 Å². The average molecular weight is 218 g/mol. The monoisotopic (exact) mass is 218 g/mol. The molecule has 16 heavy (non-hydrogen) atoms. The van der Waals surface area contributed by atoms with Gasteiger partial charge in [0.1, 0.15) is 0 Å². The van der Waals surface area contributed by atoms with Crippen LogP contribution in [0.25, 0.3) is 0 Å². The zero-order valence-electron chi connectivity index (χ0n) is 9.86. The Hall–Kier alpha value is -1.51. The lowest BCUT2D eigenvalue weighted by molar-refractivity contribution is 0.0789. The molecular formula is C13H18N2O. The molecule has 0 radical (unpaired) electrons. The third-order valence-corrected chi connectivity index (χ3v) is 3.00. The van der Waals surface area contributed by atoms with Gasteiger partial charge in [0.05, 0.1) is 5.56 Å². The summed E-state index contributed by atoms with van der Waals surface area (Å²) in [5.41, 5.74) is 1.66. The third kappa shape index (κ3) is 2.35. The molecule has 0 saturated heterocycles. The van der Waals surface area contributed by atoms with Gasteiger partial charge in [-0.3, -0.25) is 4.79 Å². The molecule has 1 aliphatic rings. The minimum atomic E-state index is 0.108. The van der Waals surface area contributed by atoms with E-state index in [2.05, 4.69) is 5.32 Å². The number of carbonyl (C=O) groups excluding carboxylic acids is 1. The van der Waals surface area contributed by atoms with Crippen LogP contribution in [0.2, 0.25) is 0 Å². The Kier molecular flexibility index (Phi) is 3.13. The van der Waals surface area contributed by atoms with Gasteiger partial charge in [0.15, 0.2) is 0 Å². The van der Waals surface area contributed by atoms with Gasteiger partial charge in [0.25, 0.3) is 5.91 Å². The van der Waals surface area contributed by atoms with E-state index in [1.807, 2.05) is 43.3 Å². The maximum Gasteiger partial charge on any atom is 0.255 e. The summed E-state index contributed by atoms with van der Waals surface area (Å²) in [6.07, 6.45) is 2.54. The number of anilines is 1. The van der Waals surface area contributed by atoms with Crippen molar-refractivity contribution in [3.05, 3.63) is 29.8 Å². The number of para-hydroxylation sites is 1. The maximum atomic E-state index is 12.2. The van der Waals surface area contributed by atoms with Gasteiger partial charge in [-0.2, -0.15) is 0 Å². The normalized spacial score (nSPS) is 14.6. The number of hydrogen-bond donors (Lipinski definition) is 1. The Labute approximate surface area is 96.5 Å². The van der Waals surface area contributed by atoms with Gasteiger partial charge in [-0.15, -0.1) is 0 Å². The Morgan fingerprint density at radius 2 is 2.12 bits per heavy atom. The lowest BCUT2D eigenvalue weighted by Crippen LogP contribution is -2.29. The molecular weight excluding hydrogens is 200 g/mol. The van der Waals surface area contributed by atoms with Gasteiger partial charge in [-0.1, -0.05) is 12.1 Å². The van der Waals surface area contributed by atoms with E-state index in [1.54, 1.807) is 0 Å². The standard InChI is InChI=1S/C13H18N2O/c1-14-12-6-4-3-5-11(12)13(16)15(2)9-10-7-8-10/h3-6,10,14H,7-9H2,1-2H3. The first-order chi connectivity index (χ1) is 7.72. The van der Waals surface area contributed by atoms with E-state index in [0.717, 1.165) is 23.7 Å². The Morgan fingerprint density at radius 3 is 2.75 bits per heavy atom. The van der Waals surface area contributed by atoms with Crippen molar-refractivity contribution in [2.75, 3.05) is 26.0 Å². The number of nitrogens with one attached hydrogen (secondary N) is 1. The zero-order chi connectivity index (χ0) is 11.5. The smallest absolute Gasteiger partial charge is 0.255 e. The van der Waals surface area contributed by atoms with Gasteiger partial charge in [0, 0.05) is 26.3 Å². The van der Waals surface area contributed by atoms with E-state index in [9.17, 15) is 4.79 Å². The van der Waals surface area contributed by atoms with Crippen molar-refractivity contribution in [1.29, 1.82) is 0 Å². The van der Waals surface area contributed by atoms with Crippen molar-refractivity contribution >= 4 is 11.6 Å². The van der Waals surface area contributed by atoms with Crippen molar-refractivity contribution < 1.29 is 4.79 Å². The van der Waals surface area contributed by atoms with Crippen molar-refractivity contribution in [2.24, 2.45) is 5.92 Å². The molecule has 1 aliphatic carbocycles. The molecule has 3 heteroatoms. The van der Waals surface area contributed by atoms with Crippen molar-refractivity contribution in [2.45, 2.75) is 12.8 Å². The maximum absolute atomic E-state index is 12.2. The van der Waals surface area contributed by atoms with Crippen LogP contribution in [0.1, 0.15) is 23.2 Å². The Bertz CT molecular complexity index is 385. The first-order valence-corrected chi connectivity index (χ1v) is 5.74. The summed E-state index contributed by atoms with van der Waals surface area (Å²) in [5.74, 6) is 0.840. The highest BCUT2D eigenvalue weighted by molar-refractivity contribution is 5.99. The fourth-order valence-corrected chi connectivity index (χ4v) is 1.86. The van der Waals surface area contributed by atoms with Crippen LogP contribution in [-0.2, 0) is 0 Å². The topological polar surface area (TPSA) is 32.3 Å². The highest BCUT2D eigenvalue weighted by Gasteiger charge is 2.25. The fraction of sp³-hybridized carbons (Fsp3) is 0.462. The molecule has 0 heterocycles. The third-order valence-electron chi connectivity index (χ3n) is 3.00. The van der Waals surface area contributed by atoms with E-state index < -0.39 is 0 Å². The minimum Gasteiger partial charge on any atom is -0.387 e. The molecule has 1 fully saturated rings. The van der Waals surface area contributed by atoms with Crippen LogP contribution in [0.15, 0.2) is 24.3 Å². The van der Waals surface area contributed by atoms with Crippen LogP contribution in [0.3, 0.4) is 0 Å². The van der Waals surface area contributed by atoms with E-state index in [-0.39, 0.29) is 5.91 Å². The van der Waals surface area contributed by atoms with Gasteiger partial charge < -0.3 is 10.2 Å². The van der Waals surface area contributed by atoms with Crippen LogP contribution >= 0.6 is 0 Å². The molecule has 0 aromatic heterocycles. The number of carbonyl (C=O) groups is 1. The van der Waals surface area contributed by atoms with Crippen LogP contribution in [0.4, 0.5) is 5.69 Å². The molecule has 0 bridgehead atoms. The molecule has 1 amide bonds. The van der Waals surface area contributed by atoms with Gasteiger partial charge in [-0.05, 0) is 30.9 Å². The van der Waals surface area contributed by atoms with E-state index >= 15 is 0 Å². The van der Waals surface area contributed by atoms with Crippen molar-refractivity contribution in [3.63, 3.8) is 0 Å². The van der Waals surface area contributed by atoms with Crippen LogP contribution in [0, 0.1) is 5.92 Å². The summed E-state index contributed by atoms with van der Waals surface area (Å²) in [4.78, 5) is 14.0. The second kappa shape index (κ2) is 4.56. The number of hydrogen-bond acceptors (Lipinski definition) is 2. The molecule has 0 aliphatic heterocycles. The molecule has 1 aromatic carbocycles. The second-order valence-corrected chi connectivity index (χ2v) is 4.42. The summed E-state index contributed by atoms with van der Waals surface area (Å²) in [5, 5.41) is 3.05. The molecule has 3 nitrogen and oxygen atoms in total. The fourth-order valence-electron chi connectivity index (χ4n) is 1.86. The molecule has 0 spiro atoms. The quantitative estimate of drug-likeness (QED) is 0.840. The number of benzene rings is 1. The zero-order valence-corrected chi connectivity index (χ0v) is 9.86. The van der Waals surface area contributed by atoms with E-state index in [1.165, 1.54) is 12.8 Å². The van der Waals surface area contributed by atoms with Gasteiger partial charge in [-0.25, -0.2) is 0 Å². The van der Waals surface area contributed by atoms with E-state index in [0.29, 0.717) is 0 Å². The molecule has 86 valence electrons. The summed E-state index contributed by atoms with van der Waals surface area (Å²) in [7, 11) is 3.72. The molecule has 0 unspecified atom stereocenters. The molecule has 0 atom stereocenters. The number of rotatable bonds is 4. The summed E-state index contributed by atoms with van der Waals surface area (Å²) < 4.78 is 0. The average Bonchev–Trinajstić information content (AvgIpc) is 3.11. The highest BCUT2D eigenvalue weighted by Crippen LogP contribution is 2.30. The Balaban J connectivity index is 2.11. The molecule has 1 N–H and O–H groups in total. The predicted molar refractivity (Wildman–Crippen MR) is 65.7 cm³/mol. The number of nitrogens with zero attached hydrogens (tertiary/aromatic N) is 1. The molecule has 1 aromatic rings. The SMILES string of the molecule is CNc1ccccc1C(=O)N(C)CC1CC1. The highest BCUT2D eigenvalue weighted by atomic mass is 16.2. The van der Waals surface area contributed by atoms with E-state index in [4.69, 9.17) is 0 Å². The van der Waals surface area contributed by atoms with Crippen molar-refractivity contribution in [3.8, 4) is 0 Å². The lowest BCUT2D eigenvalue weighted by Gasteiger charge is -2.18. The minimum absolute atomic E-state index is 0.108. The molecule has 2 rings (SSSR count). The largest absolute Gasteiger partial charge is 0.387 e. The Morgan fingerprint density at radius 1 is 1.44 bits per heavy atom. The summed E-state index contributed by atoms with van der Waals surface area (Å²) in [6, 6.07) is 7.64. The summed E-state index contributed by atoms with van der Waals surface area (Å²) >= 11 is 0. The van der Waals surface area contributed by atoms with Gasteiger partial charge >= 0.3 is 0 Å². The number of amides is 1. The molecule has 1 saturated carbocycles. The lowest BCUT2D eigenvalue weighted by atomic mass is 10.1.